The number of pyridine rings is 1. The Morgan fingerprint density at radius 3 is 2.48 bits per heavy atom. The largest absolute Gasteiger partial charge is 0.395 e. The van der Waals surface area contributed by atoms with Crippen LogP contribution in [0.2, 0.25) is 0 Å². The van der Waals surface area contributed by atoms with Crippen LogP contribution in [0.3, 0.4) is 0 Å². The minimum Gasteiger partial charge on any atom is -0.395 e. The molecule has 0 aliphatic rings. The van der Waals surface area contributed by atoms with E-state index in [1.54, 1.807) is 0 Å². The van der Waals surface area contributed by atoms with E-state index in [0.29, 0.717) is 0 Å². The molecule has 0 aliphatic heterocycles. The van der Waals surface area contributed by atoms with Gasteiger partial charge in [0.15, 0.2) is 0 Å². The van der Waals surface area contributed by atoms with Crippen LogP contribution < -0.4 is 0 Å². The maximum atomic E-state index is 9.61. The molecule has 0 aliphatic carbocycles. The maximum Gasteiger partial charge on any atom is 0.0586 e. The van der Waals surface area contributed by atoms with Gasteiger partial charge in [-0.3, -0.25) is 9.88 Å². The molecule has 0 radical (unpaired) electrons. The molecule has 3 heteroatoms. The smallest absolute Gasteiger partial charge is 0.0586 e. The fourth-order valence-electron chi connectivity index (χ4n) is 2.51. The minimum absolute atomic E-state index is 0.190. The monoisotopic (exact) mass is 284 g/mol. The van der Waals surface area contributed by atoms with Gasteiger partial charge < -0.3 is 5.11 Å². The highest BCUT2D eigenvalue weighted by Gasteiger charge is 2.16. The van der Waals surface area contributed by atoms with Gasteiger partial charge in [0, 0.05) is 25.3 Å². The molecule has 1 N–H and O–H groups in total. The number of hydrogen-bond acceptors (Lipinski definition) is 3. The van der Waals surface area contributed by atoms with E-state index in [9.17, 15) is 5.11 Å². The Bertz CT molecular complexity index is 497. The van der Waals surface area contributed by atoms with E-state index in [1.165, 1.54) is 5.56 Å². The highest BCUT2D eigenvalue weighted by molar-refractivity contribution is 5.15. The van der Waals surface area contributed by atoms with E-state index in [2.05, 4.69) is 41.1 Å². The van der Waals surface area contributed by atoms with Crippen molar-refractivity contribution in [3.8, 4) is 0 Å². The summed E-state index contributed by atoms with van der Waals surface area (Å²) in [6.45, 7) is 4.03. The standard InChI is InChI=1S/C18H24N2O/c1-2-18(15-21)20(14-17-10-6-7-12-19-17)13-11-16-8-4-3-5-9-16/h3-10,12,18,21H,2,11,13-15H2,1H3/t18-/m0/s1. The Morgan fingerprint density at radius 1 is 1.10 bits per heavy atom. The summed E-state index contributed by atoms with van der Waals surface area (Å²) >= 11 is 0. The predicted molar refractivity (Wildman–Crippen MR) is 86.0 cm³/mol. The topological polar surface area (TPSA) is 36.4 Å². The molecule has 2 rings (SSSR count). The third kappa shape index (κ3) is 4.96. The molecule has 0 saturated heterocycles. The average Bonchev–Trinajstić information content (AvgIpc) is 2.55. The van der Waals surface area contributed by atoms with Crippen LogP contribution in [0, 0.1) is 0 Å². The summed E-state index contributed by atoms with van der Waals surface area (Å²) in [5, 5.41) is 9.61. The van der Waals surface area contributed by atoms with E-state index in [0.717, 1.165) is 31.6 Å². The highest BCUT2D eigenvalue weighted by Crippen LogP contribution is 2.11. The SMILES string of the molecule is CC[C@@H](CO)N(CCc1ccccc1)Cc1ccccn1. The summed E-state index contributed by atoms with van der Waals surface area (Å²) in [4.78, 5) is 6.73. The van der Waals surface area contributed by atoms with Crippen molar-refractivity contribution >= 4 is 0 Å². The van der Waals surface area contributed by atoms with Crippen molar-refractivity contribution in [2.75, 3.05) is 13.2 Å². The van der Waals surface area contributed by atoms with Crippen molar-refractivity contribution in [1.82, 2.24) is 9.88 Å². The van der Waals surface area contributed by atoms with Crippen molar-refractivity contribution < 1.29 is 5.11 Å². The molecular weight excluding hydrogens is 260 g/mol. The van der Waals surface area contributed by atoms with Gasteiger partial charge in [-0.05, 0) is 30.5 Å². The first kappa shape index (κ1) is 15.7. The molecule has 0 bridgehead atoms. The zero-order valence-electron chi connectivity index (χ0n) is 12.7. The van der Waals surface area contributed by atoms with Gasteiger partial charge in [0.25, 0.3) is 0 Å². The van der Waals surface area contributed by atoms with Crippen molar-refractivity contribution in [1.29, 1.82) is 0 Å². The molecule has 0 spiro atoms. The molecule has 112 valence electrons. The lowest BCUT2D eigenvalue weighted by Gasteiger charge is -2.29. The Labute approximate surface area is 127 Å². The first-order valence-corrected chi connectivity index (χ1v) is 7.62. The van der Waals surface area contributed by atoms with E-state index in [4.69, 9.17) is 0 Å². The van der Waals surface area contributed by atoms with E-state index in [1.807, 2.05) is 30.5 Å². The van der Waals surface area contributed by atoms with Gasteiger partial charge in [-0.1, -0.05) is 43.3 Å². The fraction of sp³-hybridized carbons (Fsp3) is 0.389. The molecule has 3 nitrogen and oxygen atoms in total. The summed E-state index contributed by atoms with van der Waals surface area (Å²) in [5.74, 6) is 0. The number of hydrogen-bond donors (Lipinski definition) is 1. The predicted octanol–water partition coefficient (Wildman–Crippen LogP) is 2.90. The van der Waals surface area contributed by atoms with Gasteiger partial charge in [0.2, 0.25) is 0 Å². The molecule has 0 unspecified atom stereocenters. The van der Waals surface area contributed by atoms with Crippen molar-refractivity contribution in [3.05, 3.63) is 66.0 Å². The van der Waals surface area contributed by atoms with Crippen molar-refractivity contribution in [2.45, 2.75) is 32.4 Å². The number of aliphatic hydroxyl groups is 1. The normalized spacial score (nSPS) is 12.5. The molecule has 0 saturated carbocycles. The maximum absolute atomic E-state index is 9.61. The highest BCUT2D eigenvalue weighted by atomic mass is 16.3. The van der Waals surface area contributed by atoms with Gasteiger partial charge >= 0.3 is 0 Å². The molecule has 1 atom stereocenters. The third-order valence-electron chi connectivity index (χ3n) is 3.82. The molecule has 1 aromatic carbocycles. The minimum atomic E-state index is 0.190. The summed E-state index contributed by atoms with van der Waals surface area (Å²) in [6, 6.07) is 16.7. The average molecular weight is 284 g/mol. The van der Waals surface area contributed by atoms with E-state index in [-0.39, 0.29) is 12.6 Å². The number of aliphatic hydroxyl groups excluding tert-OH is 1. The van der Waals surface area contributed by atoms with Crippen molar-refractivity contribution in [3.63, 3.8) is 0 Å². The van der Waals surface area contributed by atoms with Crippen LogP contribution in [0.25, 0.3) is 0 Å². The molecule has 0 amide bonds. The lowest BCUT2D eigenvalue weighted by molar-refractivity contribution is 0.113. The number of aromatic nitrogens is 1. The number of nitrogens with zero attached hydrogens (tertiary/aromatic N) is 2. The van der Waals surface area contributed by atoms with Crippen LogP contribution in [0.15, 0.2) is 54.7 Å². The van der Waals surface area contributed by atoms with Crippen LogP contribution in [0.1, 0.15) is 24.6 Å². The second kappa shape index (κ2) is 8.55. The van der Waals surface area contributed by atoms with Gasteiger partial charge in [0.1, 0.15) is 0 Å². The summed E-state index contributed by atoms with van der Waals surface area (Å²) in [6.07, 6.45) is 3.76. The van der Waals surface area contributed by atoms with Crippen LogP contribution in [-0.4, -0.2) is 34.2 Å². The third-order valence-corrected chi connectivity index (χ3v) is 3.82. The molecular formula is C18H24N2O. The van der Waals surface area contributed by atoms with Gasteiger partial charge in [-0.2, -0.15) is 0 Å². The lowest BCUT2D eigenvalue weighted by atomic mass is 10.1. The van der Waals surface area contributed by atoms with Gasteiger partial charge in [-0.15, -0.1) is 0 Å². The second-order valence-corrected chi connectivity index (χ2v) is 5.27. The summed E-state index contributed by atoms with van der Waals surface area (Å²) in [5.41, 5.74) is 2.38. The van der Waals surface area contributed by atoms with Crippen molar-refractivity contribution in [2.24, 2.45) is 0 Å². The molecule has 1 aromatic heterocycles. The van der Waals surface area contributed by atoms with E-state index >= 15 is 0 Å². The molecule has 1 heterocycles. The Balaban J connectivity index is 2.01. The Kier molecular flexibility index (Phi) is 6.38. The lowest BCUT2D eigenvalue weighted by Crippen LogP contribution is -2.38. The van der Waals surface area contributed by atoms with Crippen LogP contribution in [0.5, 0.6) is 0 Å². The zero-order chi connectivity index (χ0) is 14.9. The first-order valence-electron chi connectivity index (χ1n) is 7.62. The number of rotatable bonds is 8. The zero-order valence-corrected chi connectivity index (χ0v) is 12.7. The molecule has 0 fully saturated rings. The summed E-state index contributed by atoms with van der Waals surface area (Å²) < 4.78 is 0. The fourth-order valence-corrected chi connectivity index (χ4v) is 2.51. The summed E-state index contributed by atoms with van der Waals surface area (Å²) in [7, 11) is 0. The quantitative estimate of drug-likeness (QED) is 0.809. The van der Waals surface area contributed by atoms with Crippen LogP contribution in [-0.2, 0) is 13.0 Å². The molecule has 21 heavy (non-hydrogen) atoms. The van der Waals surface area contributed by atoms with Gasteiger partial charge in [-0.25, -0.2) is 0 Å². The number of benzene rings is 1. The van der Waals surface area contributed by atoms with E-state index < -0.39 is 0 Å². The Morgan fingerprint density at radius 2 is 1.86 bits per heavy atom. The molecule has 2 aromatic rings. The Hall–Kier alpha value is -1.71. The van der Waals surface area contributed by atoms with Gasteiger partial charge in [0.05, 0.1) is 12.3 Å². The second-order valence-electron chi connectivity index (χ2n) is 5.27. The van der Waals surface area contributed by atoms with Crippen LogP contribution in [0.4, 0.5) is 0 Å². The first-order chi connectivity index (χ1) is 10.3. The van der Waals surface area contributed by atoms with Crippen LogP contribution >= 0.6 is 0 Å².